The van der Waals surface area contributed by atoms with Crippen LogP contribution < -0.4 is 10.6 Å². The quantitative estimate of drug-likeness (QED) is 0.569. The van der Waals surface area contributed by atoms with Gasteiger partial charge in [0.1, 0.15) is 0 Å². The minimum absolute atomic E-state index is 0.143. The topological polar surface area (TPSA) is 84.9 Å². The Labute approximate surface area is 158 Å². The molecule has 0 aliphatic rings. The third kappa shape index (κ3) is 4.86. The zero-order valence-electron chi connectivity index (χ0n) is 14.9. The van der Waals surface area contributed by atoms with Gasteiger partial charge in [0.15, 0.2) is 5.75 Å². The number of primary amides is 1. The van der Waals surface area contributed by atoms with Crippen molar-refractivity contribution < 1.29 is 27.9 Å². The number of hydrogen-bond acceptors (Lipinski definition) is 5. The molecule has 3 N–H and O–H groups in total. The first kappa shape index (κ1) is 20.9. The van der Waals surface area contributed by atoms with E-state index in [4.69, 9.17) is 10.6 Å². The molecule has 1 heterocycles. The molecule has 0 fully saturated rings. The second-order valence-electron chi connectivity index (χ2n) is 6.55. The van der Waals surface area contributed by atoms with Crippen molar-refractivity contribution in [1.82, 2.24) is 0 Å². The number of hydrogen-bond donors (Lipinski definition) is 2. The van der Waals surface area contributed by atoms with Crippen LogP contribution in [0.25, 0.3) is 0 Å². The molecule has 2 rings (SSSR count). The van der Waals surface area contributed by atoms with Gasteiger partial charge in [-0.15, -0.1) is 11.3 Å². The predicted molar refractivity (Wildman–Crippen MR) is 97.2 cm³/mol. The molecule has 9 heteroatoms. The van der Waals surface area contributed by atoms with Crippen molar-refractivity contribution in [1.29, 1.82) is 0 Å². The van der Waals surface area contributed by atoms with E-state index >= 15 is 0 Å². The Bertz CT molecular complexity index is 856. The minimum Gasteiger partial charge on any atom is -0.395 e. The molecule has 0 saturated heterocycles. The third-order valence-corrected chi connectivity index (χ3v) is 5.16. The summed E-state index contributed by atoms with van der Waals surface area (Å²) in [6.07, 6.45) is -4.42. The van der Waals surface area contributed by atoms with Gasteiger partial charge in [0.2, 0.25) is 0 Å². The predicted octanol–water partition coefficient (Wildman–Crippen LogP) is 3.94. The SMILES string of the molecule is CC(=NOc1ccc(C(F)(F)F)cc1)c1cc(C(C)(C)CO)c(C(N)=O)s1. The lowest BCUT2D eigenvalue weighted by atomic mass is 9.85. The summed E-state index contributed by atoms with van der Waals surface area (Å²) >= 11 is 1.11. The second kappa shape index (κ2) is 7.69. The number of alkyl halides is 3. The first-order chi connectivity index (χ1) is 12.5. The number of halogens is 3. The van der Waals surface area contributed by atoms with Crippen LogP contribution in [0.3, 0.4) is 0 Å². The van der Waals surface area contributed by atoms with E-state index in [0.29, 0.717) is 21.0 Å². The molecule has 1 amide bonds. The fourth-order valence-electron chi connectivity index (χ4n) is 2.21. The van der Waals surface area contributed by atoms with Crippen LogP contribution in [-0.4, -0.2) is 23.3 Å². The largest absolute Gasteiger partial charge is 0.416 e. The van der Waals surface area contributed by atoms with E-state index in [-0.39, 0.29) is 12.4 Å². The first-order valence-electron chi connectivity index (χ1n) is 7.90. The van der Waals surface area contributed by atoms with Crippen LogP contribution in [0.1, 0.15) is 46.4 Å². The molecule has 5 nitrogen and oxygen atoms in total. The highest BCUT2D eigenvalue weighted by atomic mass is 32.1. The lowest BCUT2D eigenvalue weighted by Gasteiger charge is -2.21. The summed E-state index contributed by atoms with van der Waals surface area (Å²) in [6, 6.07) is 5.85. The monoisotopic (exact) mass is 400 g/mol. The molecule has 2 aromatic rings. The Morgan fingerprint density at radius 1 is 1.26 bits per heavy atom. The van der Waals surface area contributed by atoms with Gasteiger partial charge in [-0.25, -0.2) is 0 Å². The first-order valence-corrected chi connectivity index (χ1v) is 8.71. The molecular formula is C18H19F3N2O3S. The highest BCUT2D eigenvalue weighted by molar-refractivity contribution is 7.16. The van der Waals surface area contributed by atoms with E-state index in [1.807, 2.05) is 0 Å². The second-order valence-corrected chi connectivity index (χ2v) is 7.60. The molecule has 0 atom stereocenters. The van der Waals surface area contributed by atoms with Gasteiger partial charge in [-0.1, -0.05) is 19.0 Å². The van der Waals surface area contributed by atoms with E-state index in [9.17, 15) is 23.1 Å². The summed E-state index contributed by atoms with van der Waals surface area (Å²) in [7, 11) is 0. The van der Waals surface area contributed by atoms with Crippen LogP contribution in [0, 0.1) is 0 Å². The van der Waals surface area contributed by atoms with Crippen LogP contribution in [0.15, 0.2) is 35.5 Å². The molecule has 0 radical (unpaired) electrons. The molecule has 0 saturated carbocycles. The Morgan fingerprint density at radius 2 is 1.85 bits per heavy atom. The molecule has 0 unspecified atom stereocenters. The number of rotatable bonds is 6. The Kier molecular flexibility index (Phi) is 5.96. The number of aliphatic hydroxyl groups excluding tert-OH is 1. The highest BCUT2D eigenvalue weighted by Gasteiger charge is 2.30. The summed E-state index contributed by atoms with van der Waals surface area (Å²) in [5.41, 5.74) is 4.98. The smallest absolute Gasteiger partial charge is 0.395 e. The molecule has 0 aliphatic carbocycles. The van der Waals surface area contributed by atoms with Gasteiger partial charge in [0.05, 0.1) is 27.6 Å². The number of aliphatic hydroxyl groups is 1. The number of carbonyl (C=O) groups is 1. The molecule has 1 aromatic heterocycles. The average molecular weight is 400 g/mol. The molecule has 0 bridgehead atoms. The maximum Gasteiger partial charge on any atom is 0.416 e. The van der Waals surface area contributed by atoms with Crippen LogP contribution in [0.5, 0.6) is 5.75 Å². The molecule has 0 aliphatic heterocycles. The summed E-state index contributed by atoms with van der Waals surface area (Å²) in [4.78, 5) is 17.8. The highest BCUT2D eigenvalue weighted by Crippen LogP contribution is 2.33. The average Bonchev–Trinajstić information content (AvgIpc) is 3.06. The molecule has 27 heavy (non-hydrogen) atoms. The third-order valence-electron chi connectivity index (χ3n) is 3.91. The van der Waals surface area contributed by atoms with Gasteiger partial charge in [0.25, 0.3) is 5.91 Å². The number of nitrogens with two attached hydrogens (primary N) is 1. The zero-order valence-corrected chi connectivity index (χ0v) is 15.7. The zero-order chi connectivity index (χ0) is 20.4. The standard InChI is InChI=1S/C18H19F3N2O3S/c1-10(23-26-12-6-4-11(5-7-12)18(19,20)21)14-8-13(17(2,3)9-24)15(27-14)16(22)25/h4-8,24H,9H2,1-3H3,(H2,22,25). The Morgan fingerprint density at radius 3 is 2.33 bits per heavy atom. The summed E-state index contributed by atoms with van der Waals surface area (Å²) < 4.78 is 37.7. The van der Waals surface area contributed by atoms with E-state index in [2.05, 4.69) is 5.16 Å². The van der Waals surface area contributed by atoms with Crippen molar-refractivity contribution >= 4 is 23.0 Å². The van der Waals surface area contributed by atoms with Gasteiger partial charge in [0, 0.05) is 5.41 Å². The summed E-state index contributed by atoms with van der Waals surface area (Å²) in [6.45, 7) is 5.00. The van der Waals surface area contributed by atoms with Crippen LogP contribution in [0.4, 0.5) is 13.2 Å². The fraction of sp³-hybridized carbons (Fsp3) is 0.333. The van der Waals surface area contributed by atoms with E-state index in [1.165, 1.54) is 12.1 Å². The van der Waals surface area contributed by atoms with Gasteiger partial charge in [-0.2, -0.15) is 13.2 Å². The molecule has 146 valence electrons. The van der Waals surface area contributed by atoms with Crippen molar-refractivity contribution in [3.8, 4) is 5.75 Å². The minimum atomic E-state index is -4.42. The Balaban J connectivity index is 2.26. The van der Waals surface area contributed by atoms with Crippen molar-refractivity contribution in [2.75, 3.05) is 6.61 Å². The van der Waals surface area contributed by atoms with Gasteiger partial charge in [-0.05, 0) is 42.8 Å². The van der Waals surface area contributed by atoms with Gasteiger partial charge in [-0.3, -0.25) is 4.79 Å². The van der Waals surface area contributed by atoms with Crippen molar-refractivity contribution in [3.05, 3.63) is 51.2 Å². The Hall–Kier alpha value is -2.39. The molecular weight excluding hydrogens is 381 g/mol. The number of nitrogens with zero attached hydrogens (tertiary/aromatic N) is 1. The van der Waals surface area contributed by atoms with Crippen molar-refractivity contribution in [3.63, 3.8) is 0 Å². The summed E-state index contributed by atoms with van der Waals surface area (Å²) in [5, 5.41) is 13.5. The van der Waals surface area contributed by atoms with E-state index < -0.39 is 23.1 Å². The van der Waals surface area contributed by atoms with Gasteiger partial charge < -0.3 is 15.7 Å². The molecule has 1 aromatic carbocycles. The molecule has 0 spiro atoms. The van der Waals surface area contributed by atoms with Crippen LogP contribution in [0.2, 0.25) is 0 Å². The number of oxime groups is 1. The number of carbonyl (C=O) groups excluding carboxylic acids is 1. The van der Waals surface area contributed by atoms with E-state index in [1.54, 1.807) is 26.8 Å². The van der Waals surface area contributed by atoms with Crippen LogP contribution >= 0.6 is 11.3 Å². The maximum atomic E-state index is 12.6. The lowest BCUT2D eigenvalue weighted by molar-refractivity contribution is -0.137. The summed E-state index contributed by atoms with van der Waals surface area (Å²) in [5.74, 6) is -0.468. The number of thiophene rings is 1. The normalized spacial score (nSPS) is 12.9. The fourth-order valence-corrected chi connectivity index (χ4v) is 3.34. The van der Waals surface area contributed by atoms with Crippen LogP contribution in [-0.2, 0) is 11.6 Å². The van der Waals surface area contributed by atoms with Crippen molar-refractivity contribution in [2.45, 2.75) is 32.4 Å². The lowest BCUT2D eigenvalue weighted by Crippen LogP contribution is -2.25. The number of amides is 1. The van der Waals surface area contributed by atoms with Crippen molar-refractivity contribution in [2.24, 2.45) is 10.9 Å². The van der Waals surface area contributed by atoms with Gasteiger partial charge >= 0.3 is 6.18 Å². The van der Waals surface area contributed by atoms with E-state index in [0.717, 1.165) is 23.5 Å². The maximum absolute atomic E-state index is 12.6. The number of benzene rings is 1.